The molecular weight excluding hydrogens is 250 g/mol. The maximum atomic E-state index is 12.3. The summed E-state index contributed by atoms with van der Waals surface area (Å²) < 4.78 is 0. The third-order valence-corrected chi connectivity index (χ3v) is 3.29. The van der Waals surface area contributed by atoms with Crippen molar-refractivity contribution in [1.82, 2.24) is 15.2 Å². The fourth-order valence-electron chi connectivity index (χ4n) is 1.49. The van der Waals surface area contributed by atoms with Crippen LogP contribution in [0.3, 0.4) is 0 Å². The Bertz CT molecular complexity index is 527. The second kappa shape index (κ2) is 5.54. The molecule has 2 aromatic rings. The lowest BCUT2D eigenvalue weighted by molar-refractivity contribution is 0.0987. The van der Waals surface area contributed by atoms with Crippen molar-refractivity contribution in [2.45, 2.75) is 6.92 Å². The molecule has 0 fully saturated rings. The highest BCUT2D eigenvalue weighted by Gasteiger charge is 2.20. The maximum absolute atomic E-state index is 12.3. The van der Waals surface area contributed by atoms with Crippen molar-refractivity contribution in [3.63, 3.8) is 0 Å². The molecule has 0 saturated carbocycles. The van der Waals surface area contributed by atoms with Gasteiger partial charge in [0, 0.05) is 31.7 Å². The minimum atomic E-state index is -0.150. The van der Waals surface area contributed by atoms with Crippen molar-refractivity contribution in [3.05, 3.63) is 29.5 Å². The smallest absolute Gasteiger partial charge is 0.289 e. The zero-order valence-corrected chi connectivity index (χ0v) is 10.9. The van der Waals surface area contributed by atoms with Crippen LogP contribution in [0.2, 0.25) is 0 Å². The average molecular weight is 263 g/mol. The first kappa shape index (κ1) is 12.4. The van der Waals surface area contributed by atoms with E-state index in [0.717, 1.165) is 5.69 Å². The molecule has 0 atom stereocenters. The summed E-state index contributed by atoms with van der Waals surface area (Å²) >= 11 is 1.24. The standard InChI is InChI=1S/C11H13N5OS/c1-3-16(8-4-6-13-7-5-8)10(17)9-14-15-11(12-2)18-9/h4-7H,3H2,1-2H3,(H,12,15). The van der Waals surface area contributed by atoms with Gasteiger partial charge in [-0.3, -0.25) is 9.78 Å². The molecule has 94 valence electrons. The molecule has 7 heteroatoms. The predicted octanol–water partition coefficient (Wildman–Crippen LogP) is 1.64. The summed E-state index contributed by atoms with van der Waals surface area (Å²) in [6.45, 7) is 2.48. The highest BCUT2D eigenvalue weighted by atomic mass is 32.1. The highest BCUT2D eigenvalue weighted by Crippen LogP contribution is 2.20. The first-order chi connectivity index (χ1) is 8.76. The van der Waals surface area contributed by atoms with Crippen LogP contribution < -0.4 is 10.2 Å². The van der Waals surface area contributed by atoms with Gasteiger partial charge in [-0.05, 0) is 19.1 Å². The molecular formula is C11H13N5OS. The van der Waals surface area contributed by atoms with Crippen LogP contribution in [0.1, 0.15) is 16.7 Å². The minimum absolute atomic E-state index is 0.150. The van der Waals surface area contributed by atoms with Crippen LogP contribution in [-0.2, 0) is 0 Å². The van der Waals surface area contributed by atoms with E-state index in [2.05, 4.69) is 20.5 Å². The van der Waals surface area contributed by atoms with Crippen molar-refractivity contribution >= 4 is 28.1 Å². The van der Waals surface area contributed by atoms with Crippen LogP contribution in [0.25, 0.3) is 0 Å². The summed E-state index contributed by atoms with van der Waals surface area (Å²) in [5, 5.41) is 11.6. The number of carbonyl (C=O) groups is 1. The van der Waals surface area contributed by atoms with Gasteiger partial charge in [-0.15, -0.1) is 10.2 Å². The van der Waals surface area contributed by atoms with Crippen LogP contribution >= 0.6 is 11.3 Å². The van der Waals surface area contributed by atoms with Gasteiger partial charge in [0.1, 0.15) is 0 Å². The number of hydrogen-bond acceptors (Lipinski definition) is 6. The van der Waals surface area contributed by atoms with E-state index in [1.807, 2.05) is 6.92 Å². The number of anilines is 2. The number of nitrogens with zero attached hydrogens (tertiary/aromatic N) is 4. The van der Waals surface area contributed by atoms with E-state index in [1.165, 1.54) is 11.3 Å². The molecule has 6 nitrogen and oxygen atoms in total. The molecule has 0 aliphatic rings. The first-order valence-corrected chi connectivity index (χ1v) is 6.31. The topological polar surface area (TPSA) is 71.0 Å². The number of amides is 1. The van der Waals surface area contributed by atoms with Crippen molar-refractivity contribution < 1.29 is 4.79 Å². The SMILES string of the molecule is CCN(C(=O)c1nnc(NC)s1)c1ccncc1. The zero-order valence-electron chi connectivity index (χ0n) is 10.1. The van der Waals surface area contributed by atoms with Crippen molar-refractivity contribution in [2.24, 2.45) is 0 Å². The Morgan fingerprint density at radius 3 is 2.67 bits per heavy atom. The van der Waals surface area contributed by atoms with Crippen molar-refractivity contribution in [1.29, 1.82) is 0 Å². The summed E-state index contributed by atoms with van der Waals surface area (Å²) in [5.74, 6) is -0.150. The Hall–Kier alpha value is -2.02. The number of carbonyl (C=O) groups excluding carboxylic acids is 1. The fourth-order valence-corrected chi connectivity index (χ4v) is 2.14. The molecule has 0 radical (unpaired) electrons. The van der Waals surface area contributed by atoms with Crippen molar-refractivity contribution in [3.8, 4) is 0 Å². The molecule has 0 saturated heterocycles. The molecule has 0 spiro atoms. The normalized spacial score (nSPS) is 10.1. The number of aromatic nitrogens is 3. The molecule has 1 N–H and O–H groups in total. The average Bonchev–Trinajstić information content (AvgIpc) is 2.89. The lowest BCUT2D eigenvalue weighted by Gasteiger charge is -2.18. The Morgan fingerprint density at radius 2 is 2.11 bits per heavy atom. The summed E-state index contributed by atoms with van der Waals surface area (Å²) in [5.41, 5.74) is 0.804. The summed E-state index contributed by atoms with van der Waals surface area (Å²) in [6, 6.07) is 3.59. The minimum Gasteiger partial charge on any atom is -0.363 e. The third-order valence-electron chi connectivity index (χ3n) is 2.36. The van der Waals surface area contributed by atoms with Gasteiger partial charge in [0.15, 0.2) is 0 Å². The van der Waals surface area contributed by atoms with E-state index >= 15 is 0 Å². The summed E-state index contributed by atoms with van der Waals surface area (Å²) in [7, 11) is 1.75. The van der Waals surface area contributed by atoms with E-state index in [-0.39, 0.29) is 5.91 Å². The molecule has 0 unspecified atom stereocenters. The molecule has 0 bridgehead atoms. The summed E-state index contributed by atoms with van der Waals surface area (Å²) in [4.78, 5) is 17.9. The van der Waals surface area contributed by atoms with Gasteiger partial charge in [-0.2, -0.15) is 0 Å². The van der Waals surface area contributed by atoms with Crippen LogP contribution in [0, 0.1) is 0 Å². The Morgan fingerprint density at radius 1 is 1.39 bits per heavy atom. The van der Waals surface area contributed by atoms with Crippen LogP contribution in [-0.4, -0.2) is 34.7 Å². The van der Waals surface area contributed by atoms with E-state index in [0.29, 0.717) is 16.7 Å². The maximum Gasteiger partial charge on any atom is 0.289 e. The Labute approximate surface area is 109 Å². The zero-order chi connectivity index (χ0) is 13.0. The number of pyridine rings is 1. The molecule has 0 aliphatic carbocycles. The first-order valence-electron chi connectivity index (χ1n) is 5.49. The monoisotopic (exact) mass is 263 g/mol. The van der Waals surface area contributed by atoms with Crippen LogP contribution in [0.4, 0.5) is 10.8 Å². The van der Waals surface area contributed by atoms with Gasteiger partial charge in [-0.25, -0.2) is 0 Å². The second-order valence-electron chi connectivity index (χ2n) is 3.42. The lowest BCUT2D eigenvalue weighted by Crippen LogP contribution is -2.30. The molecule has 18 heavy (non-hydrogen) atoms. The predicted molar refractivity (Wildman–Crippen MR) is 71.0 cm³/mol. The molecule has 0 aliphatic heterocycles. The Kier molecular flexibility index (Phi) is 3.83. The number of rotatable bonds is 4. The lowest BCUT2D eigenvalue weighted by atomic mass is 10.3. The van der Waals surface area contributed by atoms with E-state index in [4.69, 9.17) is 0 Å². The van der Waals surface area contributed by atoms with Gasteiger partial charge >= 0.3 is 0 Å². The van der Waals surface area contributed by atoms with Crippen LogP contribution in [0.15, 0.2) is 24.5 Å². The van der Waals surface area contributed by atoms with E-state index < -0.39 is 0 Å². The molecule has 0 aromatic carbocycles. The summed E-state index contributed by atoms with van der Waals surface area (Å²) in [6.07, 6.45) is 3.31. The van der Waals surface area contributed by atoms with Crippen LogP contribution in [0.5, 0.6) is 0 Å². The van der Waals surface area contributed by atoms with Gasteiger partial charge in [0.05, 0.1) is 0 Å². The molecule has 2 rings (SSSR count). The third kappa shape index (κ3) is 2.45. The quantitative estimate of drug-likeness (QED) is 0.908. The molecule has 2 heterocycles. The molecule has 1 amide bonds. The Balaban J connectivity index is 2.25. The number of hydrogen-bond donors (Lipinski definition) is 1. The number of nitrogens with one attached hydrogen (secondary N) is 1. The van der Waals surface area contributed by atoms with Gasteiger partial charge < -0.3 is 10.2 Å². The second-order valence-corrected chi connectivity index (χ2v) is 4.39. The molecule has 2 aromatic heterocycles. The van der Waals surface area contributed by atoms with Gasteiger partial charge in [0.2, 0.25) is 10.1 Å². The largest absolute Gasteiger partial charge is 0.363 e. The highest BCUT2D eigenvalue weighted by molar-refractivity contribution is 7.17. The van der Waals surface area contributed by atoms with E-state index in [9.17, 15) is 4.79 Å². The van der Waals surface area contributed by atoms with Gasteiger partial charge in [0.25, 0.3) is 5.91 Å². The fraction of sp³-hybridized carbons (Fsp3) is 0.273. The van der Waals surface area contributed by atoms with E-state index in [1.54, 1.807) is 36.5 Å². The van der Waals surface area contributed by atoms with Gasteiger partial charge in [-0.1, -0.05) is 11.3 Å². The van der Waals surface area contributed by atoms with Crippen molar-refractivity contribution in [2.75, 3.05) is 23.8 Å².